The summed E-state index contributed by atoms with van der Waals surface area (Å²) in [7, 11) is 0. The third kappa shape index (κ3) is 4.15. The molecule has 0 aliphatic carbocycles. The molecule has 3 aromatic carbocycles. The zero-order chi connectivity index (χ0) is 16.9. The van der Waals surface area contributed by atoms with Gasteiger partial charge in [-0.15, -0.1) is 0 Å². The second-order valence-corrected chi connectivity index (χ2v) is 6.51. The highest BCUT2D eigenvalue weighted by atomic mass is 79.9. The number of carbonyl (C=O) groups excluding carboxylic acids is 1. The summed E-state index contributed by atoms with van der Waals surface area (Å²) >= 11 is 3.44. The van der Waals surface area contributed by atoms with Crippen LogP contribution in [-0.2, 0) is 11.3 Å². The summed E-state index contributed by atoms with van der Waals surface area (Å²) in [4.78, 5) is 12.0. The van der Waals surface area contributed by atoms with Crippen LogP contribution in [0.4, 0.5) is 0 Å². The average Bonchev–Trinajstić information content (AvgIpc) is 2.60. The van der Waals surface area contributed by atoms with E-state index in [0.29, 0.717) is 12.3 Å². The van der Waals surface area contributed by atoms with Gasteiger partial charge in [0.1, 0.15) is 5.75 Å². The minimum atomic E-state index is -0.135. The maximum atomic E-state index is 12.0. The van der Waals surface area contributed by atoms with E-state index in [-0.39, 0.29) is 12.5 Å². The lowest BCUT2D eigenvalue weighted by Crippen LogP contribution is -2.28. The van der Waals surface area contributed by atoms with Gasteiger partial charge >= 0.3 is 0 Å². The van der Waals surface area contributed by atoms with Crippen molar-refractivity contribution in [1.29, 1.82) is 0 Å². The molecule has 4 heteroatoms. The van der Waals surface area contributed by atoms with Gasteiger partial charge in [-0.05, 0) is 53.1 Å². The van der Waals surface area contributed by atoms with Crippen molar-refractivity contribution in [3.63, 3.8) is 0 Å². The normalized spacial score (nSPS) is 10.6. The predicted molar refractivity (Wildman–Crippen MR) is 100 cm³/mol. The van der Waals surface area contributed by atoms with E-state index >= 15 is 0 Å². The Kier molecular flexibility index (Phi) is 5.16. The summed E-state index contributed by atoms with van der Waals surface area (Å²) in [5.41, 5.74) is 2.14. The summed E-state index contributed by atoms with van der Waals surface area (Å²) in [6, 6.07) is 20.0. The molecule has 3 rings (SSSR count). The molecule has 0 fully saturated rings. The van der Waals surface area contributed by atoms with Crippen LogP contribution in [-0.4, -0.2) is 12.5 Å². The smallest absolute Gasteiger partial charge is 0.258 e. The van der Waals surface area contributed by atoms with E-state index < -0.39 is 0 Å². The molecule has 0 spiro atoms. The fraction of sp³-hybridized carbons (Fsp3) is 0.150. The average molecular weight is 384 g/mol. The van der Waals surface area contributed by atoms with Crippen LogP contribution in [0.15, 0.2) is 65.1 Å². The van der Waals surface area contributed by atoms with Gasteiger partial charge < -0.3 is 10.1 Å². The van der Waals surface area contributed by atoms with Crippen molar-refractivity contribution >= 4 is 32.6 Å². The molecule has 0 heterocycles. The second kappa shape index (κ2) is 7.49. The van der Waals surface area contributed by atoms with Crippen molar-refractivity contribution < 1.29 is 9.53 Å². The number of carbonyl (C=O) groups is 1. The molecular formula is C20H18BrNO2. The molecule has 0 aliphatic rings. The highest BCUT2D eigenvalue weighted by Crippen LogP contribution is 2.21. The highest BCUT2D eigenvalue weighted by Gasteiger charge is 2.04. The molecule has 1 amide bonds. The van der Waals surface area contributed by atoms with Crippen molar-refractivity contribution in [2.75, 3.05) is 6.61 Å². The first kappa shape index (κ1) is 16.5. The van der Waals surface area contributed by atoms with Gasteiger partial charge in [0.05, 0.1) is 0 Å². The predicted octanol–water partition coefficient (Wildman–Crippen LogP) is 4.61. The number of hydrogen-bond acceptors (Lipinski definition) is 2. The molecule has 3 aromatic rings. The number of nitrogens with one attached hydrogen (secondary N) is 1. The molecule has 24 heavy (non-hydrogen) atoms. The van der Waals surface area contributed by atoms with Gasteiger partial charge in [0, 0.05) is 11.0 Å². The minimum absolute atomic E-state index is 0.00858. The van der Waals surface area contributed by atoms with Crippen LogP contribution in [0.2, 0.25) is 0 Å². The Morgan fingerprint density at radius 2 is 1.83 bits per heavy atom. The summed E-state index contributed by atoms with van der Waals surface area (Å²) in [6.45, 7) is 2.48. The van der Waals surface area contributed by atoms with E-state index in [9.17, 15) is 4.79 Å². The Morgan fingerprint density at radius 3 is 2.62 bits per heavy atom. The molecule has 0 aliphatic heterocycles. The third-order valence-electron chi connectivity index (χ3n) is 3.80. The lowest BCUT2D eigenvalue weighted by atomic mass is 10.1. The SMILES string of the molecule is Cc1cc(OCC(=O)NCc2ccc3ccccc3c2)ccc1Br. The van der Waals surface area contributed by atoms with Crippen LogP contribution in [0.25, 0.3) is 10.8 Å². The second-order valence-electron chi connectivity index (χ2n) is 5.66. The Hall–Kier alpha value is -2.33. The van der Waals surface area contributed by atoms with Crippen molar-refractivity contribution in [1.82, 2.24) is 5.32 Å². The number of ether oxygens (including phenoxy) is 1. The quantitative estimate of drug-likeness (QED) is 0.698. The van der Waals surface area contributed by atoms with Gasteiger partial charge in [-0.1, -0.05) is 52.3 Å². The molecule has 0 atom stereocenters. The van der Waals surface area contributed by atoms with Crippen LogP contribution in [0, 0.1) is 6.92 Å². The minimum Gasteiger partial charge on any atom is -0.484 e. The van der Waals surface area contributed by atoms with E-state index in [1.807, 2.05) is 43.3 Å². The molecule has 0 unspecified atom stereocenters. The van der Waals surface area contributed by atoms with Crippen LogP contribution in [0.5, 0.6) is 5.75 Å². The Morgan fingerprint density at radius 1 is 1.04 bits per heavy atom. The zero-order valence-corrected chi connectivity index (χ0v) is 15.0. The fourth-order valence-corrected chi connectivity index (χ4v) is 2.70. The summed E-state index contributed by atoms with van der Waals surface area (Å²) in [6.07, 6.45) is 0. The van der Waals surface area contributed by atoms with Crippen LogP contribution in [0.3, 0.4) is 0 Å². The van der Waals surface area contributed by atoms with Crippen molar-refractivity contribution in [2.24, 2.45) is 0 Å². The van der Waals surface area contributed by atoms with Gasteiger partial charge in [-0.2, -0.15) is 0 Å². The Labute approximate surface area is 149 Å². The topological polar surface area (TPSA) is 38.3 Å². The fourth-order valence-electron chi connectivity index (χ4n) is 2.46. The van der Waals surface area contributed by atoms with E-state index in [1.165, 1.54) is 10.8 Å². The molecule has 122 valence electrons. The molecule has 0 saturated carbocycles. The maximum Gasteiger partial charge on any atom is 0.258 e. The van der Waals surface area contributed by atoms with E-state index in [1.54, 1.807) is 0 Å². The molecule has 0 bridgehead atoms. The van der Waals surface area contributed by atoms with E-state index in [4.69, 9.17) is 4.74 Å². The van der Waals surface area contributed by atoms with Crippen LogP contribution < -0.4 is 10.1 Å². The molecule has 1 N–H and O–H groups in total. The van der Waals surface area contributed by atoms with Crippen molar-refractivity contribution in [3.8, 4) is 5.75 Å². The number of halogens is 1. The van der Waals surface area contributed by atoms with Gasteiger partial charge in [0.15, 0.2) is 6.61 Å². The maximum absolute atomic E-state index is 12.0. The third-order valence-corrected chi connectivity index (χ3v) is 4.69. The summed E-state index contributed by atoms with van der Waals surface area (Å²) < 4.78 is 6.55. The van der Waals surface area contributed by atoms with Crippen molar-refractivity contribution in [2.45, 2.75) is 13.5 Å². The monoisotopic (exact) mass is 383 g/mol. The largest absolute Gasteiger partial charge is 0.484 e. The number of rotatable bonds is 5. The van der Waals surface area contributed by atoms with Crippen molar-refractivity contribution in [3.05, 3.63) is 76.3 Å². The number of benzene rings is 3. The van der Waals surface area contributed by atoms with Crippen LogP contribution in [0.1, 0.15) is 11.1 Å². The van der Waals surface area contributed by atoms with Crippen LogP contribution >= 0.6 is 15.9 Å². The highest BCUT2D eigenvalue weighted by molar-refractivity contribution is 9.10. The molecule has 3 nitrogen and oxygen atoms in total. The van der Waals surface area contributed by atoms with Gasteiger partial charge in [0.2, 0.25) is 0 Å². The first-order valence-corrected chi connectivity index (χ1v) is 8.54. The summed E-state index contributed by atoms with van der Waals surface area (Å²) in [5, 5.41) is 5.25. The Bertz CT molecular complexity index is 876. The van der Waals surface area contributed by atoms with Gasteiger partial charge in [-0.3, -0.25) is 4.79 Å². The van der Waals surface area contributed by atoms with Gasteiger partial charge in [-0.25, -0.2) is 0 Å². The lowest BCUT2D eigenvalue weighted by Gasteiger charge is -2.09. The molecule has 0 saturated heterocycles. The molecular weight excluding hydrogens is 366 g/mol. The standard InChI is InChI=1S/C20H18BrNO2/c1-14-10-18(8-9-19(14)21)24-13-20(23)22-12-15-6-7-16-4-2-3-5-17(16)11-15/h2-11H,12-13H2,1H3,(H,22,23). The Balaban J connectivity index is 1.53. The number of hydrogen-bond donors (Lipinski definition) is 1. The number of aryl methyl sites for hydroxylation is 1. The summed E-state index contributed by atoms with van der Waals surface area (Å²) in [5.74, 6) is 0.556. The molecule has 0 aromatic heterocycles. The van der Waals surface area contributed by atoms with E-state index in [2.05, 4.69) is 45.5 Å². The molecule has 0 radical (unpaired) electrons. The first-order chi connectivity index (χ1) is 11.6. The zero-order valence-electron chi connectivity index (χ0n) is 13.4. The first-order valence-electron chi connectivity index (χ1n) is 7.75. The van der Waals surface area contributed by atoms with E-state index in [0.717, 1.165) is 15.6 Å². The lowest BCUT2D eigenvalue weighted by molar-refractivity contribution is -0.123. The number of fused-ring (bicyclic) bond motifs is 1. The van der Waals surface area contributed by atoms with Gasteiger partial charge in [0.25, 0.3) is 5.91 Å². The number of amides is 1.